The van der Waals surface area contributed by atoms with Crippen LogP contribution in [0.25, 0.3) is 11.0 Å². The molecule has 1 saturated carbocycles. The number of benzene rings is 1. The quantitative estimate of drug-likeness (QED) is 0.810. The highest BCUT2D eigenvalue weighted by Crippen LogP contribution is 2.47. The molecule has 0 unspecified atom stereocenters. The number of nitrogens with zero attached hydrogens (tertiary/aromatic N) is 2. The molecule has 3 rings (SSSR count). The Kier molecular flexibility index (Phi) is 2.17. The van der Waals surface area contributed by atoms with Gasteiger partial charge in [-0.25, -0.2) is 0 Å². The van der Waals surface area contributed by atoms with Gasteiger partial charge in [0.15, 0.2) is 0 Å². The summed E-state index contributed by atoms with van der Waals surface area (Å²) in [5, 5.41) is 9.96. The van der Waals surface area contributed by atoms with Crippen LogP contribution >= 0.6 is 0 Å². The van der Waals surface area contributed by atoms with E-state index in [0.717, 1.165) is 16.7 Å². The number of amides is 1. The first-order valence-corrected chi connectivity index (χ1v) is 5.84. The number of hydrogen-bond donors (Lipinski definition) is 0. The number of fused-ring (bicyclic) bond motifs is 1. The fraction of sp³-hybridized carbons (Fsp3) is 0.286. The Labute approximate surface area is 104 Å². The van der Waals surface area contributed by atoms with Gasteiger partial charge in [-0.3, -0.25) is 4.79 Å². The topological polar surface area (TPSA) is 57.2 Å². The number of carbonyl (C=O) groups is 1. The smallest absolute Gasteiger partial charge is 0.247 e. The van der Waals surface area contributed by atoms with Gasteiger partial charge >= 0.3 is 0 Å². The molecule has 1 aliphatic carbocycles. The minimum atomic E-state index is -0.798. The van der Waals surface area contributed by atoms with Crippen molar-refractivity contribution in [2.75, 3.05) is 11.9 Å². The maximum Gasteiger partial charge on any atom is 0.247 e. The van der Waals surface area contributed by atoms with Gasteiger partial charge in [0.05, 0.1) is 11.8 Å². The molecule has 0 spiro atoms. The fourth-order valence-electron chi connectivity index (χ4n) is 2.15. The molecular weight excluding hydrogens is 228 g/mol. The van der Waals surface area contributed by atoms with E-state index >= 15 is 0 Å². The Morgan fingerprint density at radius 1 is 1.44 bits per heavy atom. The third-order valence-corrected chi connectivity index (χ3v) is 3.50. The van der Waals surface area contributed by atoms with Gasteiger partial charge in [0.25, 0.3) is 0 Å². The highest BCUT2D eigenvalue weighted by atomic mass is 16.3. The molecule has 0 atom stereocenters. The van der Waals surface area contributed by atoms with Crippen LogP contribution in [-0.4, -0.2) is 13.0 Å². The second kappa shape index (κ2) is 3.61. The van der Waals surface area contributed by atoms with Crippen molar-refractivity contribution < 1.29 is 9.21 Å². The minimum absolute atomic E-state index is 0.142. The summed E-state index contributed by atoms with van der Waals surface area (Å²) in [5.41, 5.74) is 0.665. The summed E-state index contributed by atoms with van der Waals surface area (Å²) in [6, 6.07) is 9.67. The zero-order valence-corrected chi connectivity index (χ0v) is 10.0. The molecule has 2 aromatic rings. The molecule has 0 bridgehead atoms. The first kappa shape index (κ1) is 10.8. The molecule has 0 aliphatic heterocycles. The van der Waals surface area contributed by atoms with E-state index in [-0.39, 0.29) is 5.91 Å². The van der Waals surface area contributed by atoms with E-state index in [4.69, 9.17) is 9.68 Å². The normalized spacial score (nSPS) is 16.2. The van der Waals surface area contributed by atoms with E-state index in [9.17, 15) is 4.79 Å². The van der Waals surface area contributed by atoms with E-state index in [1.165, 1.54) is 4.90 Å². The van der Waals surface area contributed by atoms with E-state index in [1.807, 2.05) is 24.3 Å². The zero-order chi connectivity index (χ0) is 12.8. The number of furan rings is 1. The van der Waals surface area contributed by atoms with Crippen LogP contribution in [0.1, 0.15) is 12.8 Å². The zero-order valence-electron chi connectivity index (χ0n) is 10.0. The number of nitriles is 1. The molecule has 0 saturated heterocycles. The van der Waals surface area contributed by atoms with Crippen LogP contribution in [0.5, 0.6) is 0 Å². The standard InChI is InChI=1S/C14H12N2O2/c1-16(13(17)14(9-15)6-7-14)11-8-18-12-5-3-2-4-10(11)12/h2-5,8H,6-7H2,1H3. The van der Waals surface area contributed by atoms with Crippen molar-refractivity contribution in [3.8, 4) is 6.07 Å². The van der Waals surface area contributed by atoms with Crippen LogP contribution in [0.2, 0.25) is 0 Å². The highest BCUT2D eigenvalue weighted by Gasteiger charge is 2.52. The number of anilines is 1. The SMILES string of the molecule is CN(C(=O)C1(C#N)CC1)c1coc2ccccc12. The molecule has 1 aromatic heterocycles. The summed E-state index contributed by atoms with van der Waals surface area (Å²) in [5.74, 6) is -0.142. The van der Waals surface area contributed by atoms with E-state index in [0.29, 0.717) is 12.8 Å². The van der Waals surface area contributed by atoms with Crippen molar-refractivity contribution >= 4 is 22.6 Å². The summed E-state index contributed by atoms with van der Waals surface area (Å²) in [6.07, 6.45) is 2.88. The van der Waals surface area contributed by atoms with Crippen molar-refractivity contribution in [2.45, 2.75) is 12.8 Å². The molecule has 1 amide bonds. The number of para-hydroxylation sites is 1. The van der Waals surface area contributed by atoms with Crippen LogP contribution in [0.15, 0.2) is 34.9 Å². The van der Waals surface area contributed by atoms with Crippen LogP contribution in [0, 0.1) is 16.7 Å². The Bertz CT molecular complexity index is 662. The van der Waals surface area contributed by atoms with Gasteiger partial charge in [-0.2, -0.15) is 5.26 Å². The first-order chi connectivity index (χ1) is 8.68. The van der Waals surface area contributed by atoms with Gasteiger partial charge in [-0.05, 0) is 25.0 Å². The van der Waals surface area contributed by atoms with Crippen LogP contribution < -0.4 is 4.90 Å². The molecule has 90 valence electrons. The van der Waals surface area contributed by atoms with Crippen molar-refractivity contribution in [1.82, 2.24) is 0 Å². The minimum Gasteiger partial charge on any atom is -0.462 e. The molecule has 4 nitrogen and oxygen atoms in total. The molecule has 1 fully saturated rings. The molecule has 18 heavy (non-hydrogen) atoms. The van der Waals surface area contributed by atoms with E-state index in [1.54, 1.807) is 13.3 Å². The largest absolute Gasteiger partial charge is 0.462 e. The maximum absolute atomic E-state index is 12.3. The molecule has 4 heteroatoms. The predicted molar refractivity (Wildman–Crippen MR) is 66.9 cm³/mol. The highest BCUT2D eigenvalue weighted by molar-refractivity contribution is 6.06. The lowest BCUT2D eigenvalue weighted by atomic mass is 10.1. The van der Waals surface area contributed by atoms with Crippen molar-refractivity contribution in [3.63, 3.8) is 0 Å². The number of carbonyl (C=O) groups excluding carboxylic acids is 1. The molecule has 1 aromatic carbocycles. The molecular formula is C14H12N2O2. The maximum atomic E-state index is 12.3. The molecule has 0 N–H and O–H groups in total. The van der Waals surface area contributed by atoms with Crippen LogP contribution in [-0.2, 0) is 4.79 Å². The number of hydrogen-bond acceptors (Lipinski definition) is 3. The lowest BCUT2D eigenvalue weighted by molar-refractivity contribution is -0.121. The lowest BCUT2D eigenvalue weighted by Crippen LogP contribution is -2.33. The summed E-state index contributed by atoms with van der Waals surface area (Å²) in [7, 11) is 1.69. The second-order valence-corrected chi connectivity index (χ2v) is 4.68. The van der Waals surface area contributed by atoms with Gasteiger partial charge in [0.1, 0.15) is 17.3 Å². The summed E-state index contributed by atoms with van der Waals surface area (Å²) >= 11 is 0. The monoisotopic (exact) mass is 240 g/mol. The number of rotatable bonds is 2. The average molecular weight is 240 g/mol. The Hall–Kier alpha value is -2.28. The fourth-order valence-corrected chi connectivity index (χ4v) is 2.15. The van der Waals surface area contributed by atoms with Gasteiger partial charge < -0.3 is 9.32 Å². The Morgan fingerprint density at radius 3 is 2.83 bits per heavy atom. The van der Waals surface area contributed by atoms with Crippen LogP contribution in [0.3, 0.4) is 0 Å². The van der Waals surface area contributed by atoms with Crippen molar-refractivity contribution in [1.29, 1.82) is 5.26 Å². The Balaban J connectivity index is 2.00. The van der Waals surface area contributed by atoms with Gasteiger partial charge in [-0.1, -0.05) is 12.1 Å². The lowest BCUT2D eigenvalue weighted by Gasteiger charge is -2.18. The summed E-state index contributed by atoms with van der Waals surface area (Å²) < 4.78 is 5.41. The predicted octanol–water partition coefficient (Wildman–Crippen LogP) is 2.70. The van der Waals surface area contributed by atoms with Crippen LogP contribution in [0.4, 0.5) is 5.69 Å². The van der Waals surface area contributed by atoms with E-state index in [2.05, 4.69) is 6.07 Å². The second-order valence-electron chi connectivity index (χ2n) is 4.68. The van der Waals surface area contributed by atoms with Gasteiger partial charge in [-0.15, -0.1) is 0 Å². The molecule has 1 heterocycles. The van der Waals surface area contributed by atoms with E-state index < -0.39 is 5.41 Å². The third-order valence-electron chi connectivity index (χ3n) is 3.50. The summed E-state index contributed by atoms with van der Waals surface area (Å²) in [6.45, 7) is 0. The molecule has 1 aliphatic rings. The average Bonchev–Trinajstić information content (AvgIpc) is 3.10. The Morgan fingerprint density at radius 2 is 2.17 bits per heavy atom. The van der Waals surface area contributed by atoms with Gasteiger partial charge in [0.2, 0.25) is 5.91 Å². The van der Waals surface area contributed by atoms with Crippen molar-refractivity contribution in [3.05, 3.63) is 30.5 Å². The third kappa shape index (κ3) is 1.41. The summed E-state index contributed by atoms with van der Waals surface area (Å²) in [4.78, 5) is 13.8. The van der Waals surface area contributed by atoms with Gasteiger partial charge in [0, 0.05) is 12.4 Å². The van der Waals surface area contributed by atoms with Crippen molar-refractivity contribution in [2.24, 2.45) is 5.41 Å². The first-order valence-electron chi connectivity index (χ1n) is 5.84. The molecule has 0 radical (unpaired) electrons.